The third kappa shape index (κ3) is 5.32. The third-order valence-electron chi connectivity index (χ3n) is 7.43. The molecular weight excluding hydrogens is 440 g/mol. The highest BCUT2D eigenvalue weighted by Gasteiger charge is 2.26. The molecule has 3 N–H and O–H groups in total. The van der Waals surface area contributed by atoms with Crippen molar-refractivity contribution in [2.75, 3.05) is 17.2 Å². The summed E-state index contributed by atoms with van der Waals surface area (Å²) in [5.74, 6) is 0.890. The van der Waals surface area contributed by atoms with E-state index in [1.165, 1.54) is 0 Å². The fraction of sp³-hybridized carbons (Fsp3) is 0.556. The predicted octanol–water partition coefficient (Wildman–Crippen LogP) is 5.31. The van der Waals surface area contributed by atoms with Crippen LogP contribution in [0.4, 0.5) is 11.6 Å². The maximum atomic E-state index is 12.5. The van der Waals surface area contributed by atoms with Gasteiger partial charge in [-0.1, -0.05) is 38.3 Å². The fourth-order valence-corrected chi connectivity index (χ4v) is 5.30. The number of unbranched alkanes of at least 4 members (excludes halogenated alkanes) is 1. The number of amides is 1. The molecule has 2 aliphatic carbocycles. The van der Waals surface area contributed by atoms with Crippen LogP contribution in [0.3, 0.4) is 0 Å². The molecule has 0 bridgehead atoms. The molecule has 1 amide bonds. The Balaban J connectivity index is 1.43. The highest BCUT2D eigenvalue weighted by atomic mass is 16.3. The lowest BCUT2D eigenvalue weighted by Gasteiger charge is -2.25. The van der Waals surface area contributed by atoms with Crippen LogP contribution >= 0.6 is 0 Å². The Morgan fingerprint density at radius 1 is 1.09 bits per heavy atom. The van der Waals surface area contributed by atoms with Gasteiger partial charge in [-0.3, -0.25) is 4.79 Å². The molecule has 0 atom stereocenters. The number of aliphatic hydroxyl groups is 1. The molecular formula is C27H36N6O2. The van der Waals surface area contributed by atoms with Crippen molar-refractivity contribution in [3.05, 3.63) is 30.5 Å². The van der Waals surface area contributed by atoms with E-state index >= 15 is 0 Å². The van der Waals surface area contributed by atoms with Gasteiger partial charge in [0.05, 0.1) is 17.5 Å². The van der Waals surface area contributed by atoms with Crippen molar-refractivity contribution >= 4 is 28.6 Å². The van der Waals surface area contributed by atoms with E-state index in [-0.39, 0.29) is 24.0 Å². The largest absolute Gasteiger partial charge is 0.393 e. The van der Waals surface area contributed by atoms with Crippen molar-refractivity contribution in [3.8, 4) is 11.3 Å². The average molecular weight is 477 g/mol. The van der Waals surface area contributed by atoms with Crippen molar-refractivity contribution in [1.29, 1.82) is 0 Å². The smallest absolute Gasteiger partial charge is 0.227 e. The predicted molar refractivity (Wildman–Crippen MR) is 138 cm³/mol. The minimum atomic E-state index is -0.222. The fourth-order valence-electron chi connectivity index (χ4n) is 5.30. The minimum absolute atomic E-state index is 0.126. The highest BCUT2D eigenvalue weighted by molar-refractivity contribution is 5.94. The summed E-state index contributed by atoms with van der Waals surface area (Å²) >= 11 is 0. The lowest BCUT2D eigenvalue weighted by atomic mass is 9.93. The van der Waals surface area contributed by atoms with E-state index in [9.17, 15) is 9.90 Å². The van der Waals surface area contributed by atoms with E-state index in [4.69, 9.17) is 10.1 Å². The lowest BCUT2D eigenvalue weighted by molar-refractivity contribution is -0.119. The van der Waals surface area contributed by atoms with Crippen molar-refractivity contribution in [3.63, 3.8) is 0 Å². The quantitative estimate of drug-likeness (QED) is 0.381. The molecule has 0 spiro atoms. The van der Waals surface area contributed by atoms with Crippen LogP contribution in [0.5, 0.6) is 0 Å². The Hall–Kier alpha value is -3.00. The summed E-state index contributed by atoms with van der Waals surface area (Å²) < 4.78 is 2.04. The number of nitrogens with zero attached hydrogens (tertiary/aromatic N) is 4. The van der Waals surface area contributed by atoms with E-state index in [0.29, 0.717) is 5.95 Å². The van der Waals surface area contributed by atoms with Crippen LogP contribution in [0.25, 0.3) is 22.3 Å². The molecule has 1 aromatic carbocycles. The molecule has 2 fully saturated rings. The number of nitrogens with one attached hydrogen (secondary N) is 2. The molecule has 2 aliphatic rings. The average Bonchev–Trinajstić information content (AvgIpc) is 3.54. The lowest BCUT2D eigenvalue weighted by Crippen LogP contribution is -2.22. The Kier molecular flexibility index (Phi) is 7.27. The molecule has 2 heterocycles. The number of aromatic nitrogens is 4. The second-order valence-corrected chi connectivity index (χ2v) is 10.0. The van der Waals surface area contributed by atoms with Crippen molar-refractivity contribution in [2.24, 2.45) is 5.92 Å². The summed E-state index contributed by atoms with van der Waals surface area (Å²) in [6.07, 6.45) is 11.4. The summed E-state index contributed by atoms with van der Waals surface area (Å²) in [5, 5.41) is 22.3. The zero-order chi connectivity index (χ0) is 24.2. The first kappa shape index (κ1) is 23.7. The molecule has 8 nitrogen and oxygen atoms in total. The summed E-state index contributed by atoms with van der Waals surface area (Å²) in [7, 11) is 0. The molecule has 0 aliphatic heterocycles. The van der Waals surface area contributed by atoms with Crippen LogP contribution in [0.15, 0.2) is 30.5 Å². The molecule has 3 aromatic rings. The second-order valence-electron chi connectivity index (χ2n) is 10.0. The van der Waals surface area contributed by atoms with E-state index < -0.39 is 0 Å². The molecule has 2 aromatic heterocycles. The van der Waals surface area contributed by atoms with Crippen LogP contribution in [0.1, 0.15) is 77.2 Å². The normalized spacial score (nSPS) is 20.9. The second kappa shape index (κ2) is 10.7. The molecule has 2 saturated carbocycles. The van der Waals surface area contributed by atoms with Gasteiger partial charge in [0.1, 0.15) is 5.69 Å². The van der Waals surface area contributed by atoms with Gasteiger partial charge in [-0.25, -0.2) is 9.67 Å². The maximum absolute atomic E-state index is 12.5. The number of fused-ring (bicyclic) bond motifs is 1. The summed E-state index contributed by atoms with van der Waals surface area (Å²) in [6, 6.07) is 8.12. The molecule has 0 radical (unpaired) electrons. The first-order valence-corrected chi connectivity index (χ1v) is 13.2. The van der Waals surface area contributed by atoms with Crippen molar-refractivity contribution in [1.82, 2.24) is 19.7 Å². The summed E-state index contributed by atoms with van der Waals surface area (Å²) in [4.78, 5) is 21.9. The van der Waals surface area contributed by atoms with Gasteiger partial charge >= 0.3 is 0 Å². The molecule has 0 unspecified atom stereocenters. The standard InChI is InChI=1S/C27H36N6O2/c1-2-3-16-28-27-29-17-23-24(32-33(25(23)31-27)21-12-14-22(34)15-13-21)18-8-10-20(11-9-18)30-26(35)19-6-4-5-7-19/h8-11,17,19,21-22,34H,2-7,12-16H2,1H3,(H,30,35)(H,28,29,31)/t21-,22+. The van der Waals surface area contributed by atoms with Crippen LogP contribution in [-0.2, 0) is 4.79 Å². The van der Waals surface area contributed by atoms with Gasteiger partial charge in [-0.05, 0) is 57.1 Å². The Morgan fingerprint density at radius 2 is 1.83 bits per heavy atom. The number of hydrogen-bond donors (Lipinski definition) is 3. The first-order valence-electron chi connectivity index (χ1n) is 13.2. The topological polar surface area (TPSA) is 105 Å². The number of aliphatic hydroxyl groups excluding tert-OH is 1. The Morgan fingerprint density at radius 3 is 2.54 bits per heavy atom. The Bertz CT molecular complexity index is 1140. The van der Waals surface area contributed by atoms with E-state index in [1.54, 1.807) is 0 Å². The van der Waals surface area contributed by atoms with Gasteiger partial charge in [0, 0.05) is 29.9 Å². The zero-order valence-corrected chi connectivity index (χ0v) is 20.5. The first-order chi connectivity index (χ1) is 17.1. The van der Waals surface area contributed by atoms with Crippen LogP contribution in [0.2, 0.25) is 0 Å². The van der Waals surface area contributed by atoms with Crippen molar-refractivity contribution < 1.29 is 9.90 Å². The Labute approximate surface area is 206 Å². The van der Waals surface area contributed by atoms with Crippen LogP contribution < -0.4 is 10.6 Å². The number of hydrogen-bond acceptors (Lipinski definition) is 6. The van der Waals surface area contributed by atoms with Gasteiger partial charge < -0.3 is 15.7 Å². The molecule has 35 heavy (non-hydrogen) atoms. The van der Waals surface area contributed by atoms with Gasteiger partial charge in [0.2, 0.25) is 11.9 Å². The van der Waals surface area contributed by atoms with E-state index in [0.717, 1.165) is 98.7 Å². The SMILES string of the molecule is CCCCNc1ncc2c(-c3ccc(NC(=O)C4CCCC4)cc3)nn([C@H]3CC[C@@H](O)CC3)c2n1. The van der Waals surface area contributed by atoms with Gasteiger partial charge in [0.25, 0.3) is 0 Å². The molecule has 186 valence electrons. The monoisotopic (exact) mass is 476 g/mol. The third-order valence-corrected chi connectivity index (χ3v) is 7.43. The van der Waals surface area contributed by atoms with E-state index in [1.807, 2.05) is 35.1 Å². The number of rotatable bonds is 8. The molecule has 8 heteroatoms. The maximum Gasteiger partial charge on any atom is 0.227 e. The molecule has 5 rings (SSSR count). The number of carbonyl (C=O) groups is 1. The summed E-state index contributed by atoms with van der Waals surface area (Å²) in [6.45, 7) is 3.00. The van der Waals surface area contributed by atoms with Crippen molar-refractivity contribution in [2.45, 2.75) is 83.3 Å². The molecule has 0 saturated heterocycles. The van der Waals surface area contributed by atoms with E-state index in [2.05, 4.69) is 22.5 Å². The zero-order valence-electron chi connectivity index (χ0n) is 20.5. The number of carbonyl (C=O) groups excluding carboxylic acids is 1. The van der Waals surface area contributed by atoms with Gasteiger partial charge in [-0.2, -0.15) is 10.1 Å². The summed E-state index contributed by atoms with van der Waals surface area (Å²) in [5.41, 5.74) is 3.46. The minimum Gasteiger partial charge on any atom is -0.393 e. The van der Waals surface area contributed by atoms with Gasteiger partial charge in [-0.15, -0.1) is 0 Å². The number of benzene rings is 1. The van der Waals surface area contributed by atoms with Crippen LogP contribution in [-0.4, -0.2) is 43.4 Å². The highest BCUT2D eigenvalue weighted by Crippen LogP contribution is 2.35. The van der Waals surface area contributed by atoms with Gasteiger partial charge in [0.15, 0.2) is 5.65 Å². The van der Waals surface area contributed by atoms with Crippen LogP contribution in [0, 0.1) is 5.92 Å². The number of anilines is 2.